The van der Waals surface area contributed by atoms with Gasteiger partial charge < -0.3 is 20.1 Å². The number of piperazine rings is 1. The summed E-state index contributed by atoms with van der Waals surface area (Å²) in [6.45, 7) is 1.11. The van der Waals surface area contributed by atoms with E-state index in [2.05, 4.69) is 10.1 Å². The molecule has 0 bridgehead atoms. The molecule has 1 saturated heterocycles. The second-order valence-corrected chi connectivity index (χ2v) is 4.01. The zero-order valence-electron chi connectivity index (χ0n) is 11.3. The normalized spacial score (nSPS) is 15.3. The summed E-state index contributed by atoms with van der Waals surface area (Å²) in [5.74, 6) is -5.71. The Bertz CT molecular complexity index is 430. The number of esters is 1. The fraction of sp³-hybridized carbons (Fsp3) is 0.700. The summed E-state index contributed by atoms with van der Waals surface area (Å²) in [5, 5.41) is 10.1. The summed E-state index contributed by atoms with van der Waals surface area (Å²) in [7, 11) is 0. The lowest BCUT2D eigenvalue weighted by molar-refractivity contribution is -0.200. The Morgan fingerprint density at radius 2 is 1.43 bits per heavy atom. The third-order valence-electron chi connectivity index (χ3n) is 2.27. The number of alkyl halides is 6. The molecule has 0 aliphatic carbocycles. The minimum absolute atomic E-state index is 0.405. The third-order valence-corrected chi connectivity index (χ3v) is 2.27. The molecule has 0 spiro atoms. The molecule has 1 rings (SSSR count). The average molecular weight is 354 g/mol. The molecule has 23 heavy (non-hydrogen) atoms. The first-order valence-electron chi connectivity index (χ1n) is 5.88. The van der Waals surface area contributed by atoms with Crippen molar-refractivity contribution in [2.24, 2.45) is 0 Å². The van der Waals surface area contributed by atoms with Gasteiger partial charge in [0.25, 0.3) is 5.91 Å². The Morgan fingerprint density at radius 1 is 1.00 bits per heavy atom. The third kappa shape index (κ3) is 8.85. The predicted octanol–water partition coefficient (Wildman–Crippen LogP) is 0.157. The van der Waals surface area contributed by atoms with E-state index >= 15 is 0 Å². The number of nitrogens with zero attached hydrogens (tertiary/aromatic N) is 1. The van der Waals surface area contributed by atoms with Gasteiger partial charge in [0, 0.05) is 26.2 Å². The molecular weight excluding hydrogens is 342 g/mol. The largest absolute Gasteiger partial charge is 0.490 e. The van der Waals surface area contributed by atoms with E-state index in [9.17, 15) is 35.9 Å². The topological polar surface area (TPSA) is 95.9 Å². The SMILES string of the molecule is O=C(COC(=O)C(F)(F)F)N1CCNCC1.O=C(O)C(F)(F)F. The minimum atomic E-state index is -5.08. The zero-order chi connectivity index (χ0) is 18.3. The Balaban J connectivity index is 0.000000585. The number of carbonyl (C=O) groups excluding carboxylic acids is 2. The van der Waals surface area contributed by atoms with Gasteiger partial charge in [0.15, 0.2) is 6.61 Å². The second-order valence-electron chi connectivity index (χ2n) is 4.01. The molecule has 0 radical (unpaired) electrons. The quantitative estimate of drug-likeness (QED) is 0.542. The number of nitrogens with one attached hydrogen (secondary N) is 1. The smallest absolute Gasteiger partial charge is 0.475 e. The summed E-state index contributed by atoms with van der Waals surface area (Å²) < 4.78 is 70.8. The Hall–Kier alpha value is -2.05. The van der Waals surface area contributed by atoms with Crippen LogP contribution in [-0.4, -0.2) is 73.0 Å². The maximum Gasteiger partial charge on any atom is 0.490 e. The van der Waals surface area contributed by atoms with E-state index < -0.39 is 36.8 Å². The molecule has 0 saturated carbocycles. The van der Waals surface area contributed by atoms with Crippen LogP contribution in [0.2, 0.25) is 0 Å². The lowest BCUT2D eigenvalue weighted by Crippen LogP contribution is -2.48. The molecule has 2 N–H and O–H groups in total. The number of halogens is 6. The second kappa shape index (κ2) is 8.55. The molecule has 1 amide bonds. The van der Waals surface area contributed by atoms with Gasteiger partial charge in [-0.1, -0.05) is 0 Å². The molecule has 0 aromatic rings. The number of hydrogen-bond donors (Lipinski definition) is 2. The van der Waals surface area contributed by atoms with Gasteiger partial charge >= 0.3 is 24.3 Å². The van der Waals surface area contributed by atoms with Crippen molar-refractivity contribution in [2.75, 3.05) is 32.8 Å². The molecule has 1 aliphatic heterocycles. The van der Waals surface area contributed by atoms with Crippen LogP contribution in [0.1, 0.15) is 0 Å². The van der Waals surface area contributed by atoms with E-state index in [0.717, 1.165) is 0 Å². The van der Waals surface area contributed by atoms with Crippen molar-refractivity contribution in [3.05, 3.63) is 0 Å². The highest BCUT2D eigenvalue weighted by Crippen LogP contribution is 2.16. The number of amides is 1. The van der Waals surface area contributed by atoms with E-state index in [1.54, 1.807) is 0 Å². The van der Waals surface area contributed by atoms with Crippen LogP contribution < -0.4 is 5.32 Å². The molecule has 0 aromatic heterocycles. The van der Waals surface area contributed by atoms with Crippen LogP contribution in [0.5, 0.6) is 0 Å². The molecule has 1 fully saturated rings. The Kier molecular flexibility index (Phi) is 7.79. The highest BCUT2D eigenvalue weighted by atomic mass is 19.4. The minimum Gasteiger partial charge on any atom is -0.475 e. The van der Waals surface area contributed by atoms with Crippen molar-refractivity contribution in [1.82, 2.24) is 10.2 Å². The van der Waals surface area contributed by atoms with Gasteiger partial charge in [0.2, 0.25) is 0 Å². The van der Waals surface area contributed by atoms with Gasteiger partial charge in [-0.15, -0.1) is 0 Å². The molecule has 0 atom stereocenters. The Labute approximate surface area is 125 Å². The monoisotopic (exact) mass is 354 g/mol. The summed E-state index contributed by atoms with van der Waals surface area (Å²) >= 11 is 0. The summed E-state index contributed by atoms with van der Waals surface area (Å²) in [6, 6.07) is 0. The molecule has 0 unspecified atom stereocenters. The number of rotatable bonds is 2. The number of carboxylic acids is 1. The van der Waals surface area contributed by atoms with E-state index in [4.69, 9.17) is 9.90 Å². The van der Waals surface area contributed by atoms with Crippen molar-refractivity contribution in [2.45, 2.75) is 12.4 Å². The predicted molar refractivity (Wildman–Crippen MR) is 60.2 cm³/mol. The van der Waals surface area contributed by atoms with Crippen LogP contribution in [0.25, 0.3) is 0 Å². The first kappa shape index (κ1) is 20.9. The maximum atomic E-state index is 11.7. The van der Waals surface area contributed by atoms with Crippen molar-refractivity contribution in [3.63, 3.8) is 0 Å². The lowest BCUT2D eigenvalue weighted by Gasteiger charge is -2.27. The Morgan fingerprint density at radius 3 is 1.78 bits per heavy atom. The van der Waals surface area contributed by atoms with Crippen molar-refractivity contribution in [3.8, 4) is 0 Å². The molecular formula is C10H12F6N2O5. The molecule has 134 valence electrons. The summed E-state index contributed by atoms with van der Waals surface area (Å²) in [5.41, 5.74) is 0. The number of carbonyl (C=O) groups is 3. The van der Waals surface area contributed by atoms with Gasteiger partial charge in [-0.2, -0.15) is 26.3 Å². The van der Waals surface area contributed by atoms with Crippen LogP contribution in [0.4, 0.5) is 26.3 Å². The number of aliphatic carboxylic acids is 1. The van der Waals surface area contributed by atoms with Gasteiger partial charge in [0.05, 0.1) is 0 Å². The van der Waals surface area contributed by atoms with Gasteiger partial charge in [-0.3, -0.25) is 4.79 Å². The van der Waals surface area contributed by atoms with Gasteiger partial charge in [-0.05, 0) is 0 Å². The van der Waals surface area contributed by atoms with Crippen LogP contribution >= 0.6 is 0 Å². The number of carboxylic acid groups (broad SMARTS) is 1. The van der Waals surface area contributed by atoms with E-state index in [0.29, 0.717) is 26.2 Å². The highest BCUT2D eigenvalue weighted by molar-refractivity contribution is 5.82. The maximum absolute atomic E-state index is 11.7. The summed E-state index contributed by atoms with van der Waals surface area (Å²) in [4.78, 5) is 31.8. The molecule has 7 nitrogen and oxygen atoms in total. The van der Waals surface area contributed by atoms with E-state index in [-0.39, 0.29) is 0 Å². The first-order valence-corrected chi connectivity index (χ1v) is 5.88. The van der Waals surface area contributed by atoms with Crippen molar-refractivity contribution in [1.29, 1.82) is 0 Å². The lowest BCUT2D eigenvalue weighted by atomic mass is 10.3. The summed E-state index contributed by atoms with van der Waals surface area (Å²) in [6.07, 6.45) is -10.1. The van der Waals surface area contributed by atoms with Gasteiger partial charge in [-0.25, -0.2) is 9.59 Å². The number of hydrogen-bond acceptors (Lipinski definition) is 5. The number of ether oxygens (including phenoxy) is 1. The fourth-order valence-corrected chi connectivity index (χ4v) is 1.21. The average Bonchev–Trinajstić information content (AvgIpc) is 2.43. The van der Waals surface area contributed by atoms with Crippen molar-refractivity contribution >= 4 is 17.8 Å². The van der Waals surface area contributed by atoms with E-state index in [1.165, 1.54) is 4.90 Å². The van der Waals surface area contributed by atoms with Gasteiger partial charge in [0.1, 0.15) is 0 Å². The highest BCUT2D eigenvalue weighted by Gasteiger charge is 2.41. The first-order chi connectivity index (χ1) is 10.4. The molecule has 1 heterocycles. The van der Waals surface area contributed by atoms with Crippen LogP contribution in [0, 0.1) is 0 Å². The fourth-order valence-electron chi connectivity index (χ4n) is 1.21. The van der Waals surface area contributed by atoms with Crippen LogP contribution in [-0.2, 0) is 19.1 Å². The molecule has 1 aliphatic rings. The van der Waals surface area contributed by atoms with Crippen molar-refractivity contribution < 1.29 is 50.6 Å². The van der Waals surface area contributed by atoms with Crippen LogP contribution in [0.3, 0.4) is 0 Å². The van der Waals surface area contributed by atoms with E-state index in [1.807, 2.05) is 0 Å². The molecule has 0 aromatic carbocycles. The van der Waals surface area contributed by atoms with Crippen LogP contribution in [0.15, 0.2) is 0 Å². The molecule has 13 heteroatoms. The standard InChI is InChI=1S/C8H11F3N2O3.C2HF3O2/c9-8(10,11)7(15)16-5-6(14)13-3-1-12-2-4-13;3-2(4,5)1(6)7/h12H,1-5H2;(H,6,7). The zero-order valence-corrected chi connectivity index (χ0v) is 11.3.